The predicted molar refractivity (Wildman–Crippen MR) is 42.1 cm³/mol. The molecule has 0 aliphatic carbocycles. The van der Waals surface area contributed by atoms with Crippen LogP contribution in [0.2, 0.25) is 0 Å². The Bertz CT molecular complexity index is 133. The van der Waals surface area contributed by atoms with Crippen LogP contribution in [0, 0.1) is 5.92 Å². The molecule has 0 aromatic heterocycles. The van der Waals surface area contributed by atoms with Crippen molar-refractivity contribution in [2.45, 2.75) is 33.3 Å². The Balaban J connectivity index is 3.64. The molecule has 0 aliphatic rings. The summed E-state index contributed by atoms with van der Waals surface area (Å²) >= 11 is 0. The van der Waals surface area contributed by atoms with Gasteiger partial charge in [-0.3, -0.25) is 4.79 Å². The molecule has 0 heterocycles. The third kappa shape index (κ3) is 5.85. The van der Waals surface area contributed by atoms with Crippen LogP contribution in [-0.4, -0.2) is 23.3 Å². The maximum absolute atomic E-state index is 10.9. The highest BCUT2D eigenvalue weighted by atomic mass is 16.5. The number of rotatable bonds is 3. The zero-order valence-corrected chi connectivity index (χ0v) is 7.55. The number of ether oxygens (including phenoxy) is 1. The highest BCUT2D eigenvalue weighted by Crippen LogP contribution is 2.03. The fourth-order valence-corrected chi connectivity index (χ4v) is 0.414. The minimum atomic E-state index is -0.926. The molecule has 0 radical (unpaired) electrons. The second kappa shape index (κ2) is 3.72. The summed E-state index contributed by atoms with van der Waals surface area (Å²) in [6, 6.07) is 0. The molecule has 0 aliphatic heterocycles. The van der Waals surface area contributed by atoms with Crippen molar-refractivity contribution in [3.05, 3.63) is 0 Å². The number of aliphatic hydroxyl groups is 1. The van der Waals surface area contributed by atoms with Crippen LogP contribution in [0.1, 0.15) is 27.7 Å². The van der Waals surface area contributed by atoms with Crippen LogP contribution in [0.4, 0.5) is 0 Å². The highest BCUT2D eigenvalue weighted by Gasteiger charge is 2.16. The van der Waals surface area contributed by atoms with E-state index >= 15 is 0 Å². The summed E-state index contributed by atoms with van der Waals surface area (Å²) < 4.78 is 4.78. The SMILES string of the molecule is CC(C)C(=O)OCC(C)(C)O. The number of hydrogen-bond acceptors (Lipinski definition) is 3. The van der Waals surface area contributed by atoms with Gasteiger partial charge in [-0.05, 0) is 13.8 Å². The van der Waals surface area contributed by atoms with Crippen LogP contribution in [0.15, 0.2) is 0 Å². The third-order valence-electron chi connectivity index (χ3n) is 1.04. The maximum Gasteiger partial charge on any atom is 0.308 e. The normalized spacial score (nSPS) is 11.8. The summed E-state index contributed by atoms with van der Waals surface area (Å²) in [5, 5.41) is 9.17. The van der Waals surface area contributed by atoms with Crippen molar-refractivity contribution in [1.29, 1.82) is 0 Å². The Morgan fingerprint density at radius 1 is 1.55 bits per heavy atom. The second-order valence-electron chi connectivity index (χ2n) is 3.57. The molecular weight excluding hydrogens is 144 g/mol. The molecule has 0 saturated heterocycles. The van der Waals surface area contributed by atoms with E-state index in [-0.39, 0.29) is 18.5 Å². The first-order valence-corrected chi connectivity index (χ1v) is 3.72. The van der Waals surface area contributed by atoms with Crippen molar-refractivity contribution in [2.24, 2.45) is 5.92 Å². The molecule has 11 heavy (non-hydrogen) atoms. The van der Waals surface area contributed by atoms with Gasteiger partial charge in [0.25, 0.3) is 0 Å². The molecule has 0 rings (SSSR count). The number of hydrogen-bond donors (Lipinski definition) is 1. The fraction of sp³-hybridized carbons (Fsp3) is 0.875. The minimum Gasteiger partial charge on any atom is -0.462 e. The quantitative estimate of drug-likeness (QED) is 0.625. The summed E-state index contributed by atoms with van der Waals surface area (Å²) in [7, 11) is 0. The highest BCUT2D eigenvalue weighted by molar-refractivity contribution is 5.71. The van der Waals surface area contributed by atoms with Gasteiger partial charge in [-0.1, -0.05) is 13.8 Å². The number of carbonyl (C=O) groups is 1. The van der Waals surface area contributed by atoms with Gasteiger partial charge in [-0.15, -0.1) is 0 Å². The van der Waals surface area contributed by atoms with Crippen molar-refractivity contribution in [3.63, 3.8) is 0 Å². The third-order valence-corrected chi connectivity index (χ3v) is 1.04. The zero-order valence-electron chi connectivity index (χ0n) is 7.55. The fourth-order valence-electron chi connectivity index (χ4n) is 0.414. The lowest BCUT2D eigenvalue weighted by Gasteiger charge is -2.17. The molecule has 0 spiro atoms. The Labute approximate surface area is 67.4 Å². The molecule has 0 bridgehead atoms. The smallest absolute Gasteiger partial charge is 0.308 e. The summed E-state index contributed by atoms with van der Waals surface area (Å²) in [4.78, 5) is 10.9. The van der Waals surface area contributed by atoms with E-state index in [4.69, 9.17) is 4.74 Å². The number of esters is 1. The monoisotopic (exact) mass is 160 g/mol. The Kier molecular flexibility index (Phi) is 3.52. The van der Waals surface area contributed by atoms with Gasteiger partial charge in [0.2, 0.25) is 0 Å². The summed E-state index contributed by atoms with van der Waals surface area (Å²) in [5.74, 6) is -0.399. The van der Waals surface area contributed by atoms with E-state index in [0.29, 0.717) is 0 Å². The first-order valence-electron chi connectivity index (χ1n) is 3.72. The molecule has 3 nitrogen and oxygen atoms in total. The Hall–Kier alpha value is -0.570. The maximum atomic E-state index is 10.9. The van der Waals surface area contributed by atoms with Crippen LogP contribution < -0.4 is 0 Å². The average molecular weight is 160 g/mol. The van der Waals surface area contributed by atoms with Crippen LogP contribution in [-0.2, 0) is 9.53 Å². The van der Waals surface area contributed by atoms with Crippen LogP contribution in [0.3, 0.4) is 0 Å². The minimum absolute atomic E-state index is 0.0595. The molecular formula is C8H16O3. The standard InChI is InChI=1S/C8H16O3/c1-6(2)7(9)11-5-8(3,4)10/h6,10H,5H2,1-4H3. The number of carbonyl (C=O) groups excluding carboxylic acids is 1. The van der Waals surface area contributed by atoms with E-state index in [0.717, 1.165) is 0 Å². The van der Waals surface area contributed by atoms with Crippen molar-refractivity contribution in [2.75, 3.05) is 6.61 Å². The second-order valence-corrected chi connectivity index (χ2v) is 3.57. The van der Waals surface area contributed by atoms with Gasteiger partial charge < -0.3 is 9.84 Å². The van der Waals surface area contributed by atoms with Crippen molar-refractivity contribution >= 4 is 5.97 Å². The van der Waals surface area contributed by atoms with Gasteiger partial charge in [-0.2, -0.15) is 0 Å². The van der Waals surface area contributed by atoms with Crippen LogP contribution >= 0.6 is 0 Å². The van der Waals surface area contributed by atoms with E-state index in [2.05, 4.69) is 0 Å². The van der Waals surface area contributed by atoms with E-state index in [9.17, 15) is 9.90 Å². The van der Waals surface area contributed by atoms with E-state index < -0.39 is 5.60 Å². The zero-order chi connectivity index (χ0) is 9.07. The molecule has 66 valence electrons. The van der Waals surface area contributed by atoms with Gasteiger partial charge in [0.15, 0.2) is 0 Å². The summed E-state index contributed by atoms with van der Waals surface area (Å²) in [5.41, 5.74) is -0.926. The molecule has 0 saturated carbocycles. The molecule has 1 N–H and O–H groups in total. The van der Waals surface area contributed by atoms with Gasteiger partial charge >= 0.3 is 5.97 Å². The molecule has 0 unspecified atom stereocenters. The van der Waals surface area contributed by atoms with Crippen LogP contribution in [0.5, 0.6) is 0 Å². The van der Waals surface area contributed by atoms with E-state index in [1.807, 2.05) is 0 Å². The lowest BCUT2D eigenvalue weighted by atomic mass is 10.1. The Morgan fingerprint density at radius 2 is 2.00 bits per heavy atom. The van der Waals surface area contributed by atoms with Gasteiger partial charge in [0.1, 0.15) is 6.61 Å². The van der Waals surface area contributed by atoms with E-state index in [1.165, 1.54) is 0 Å². The topological polar surface area (TPSA) is 46.5 Å². The first kappa shape index (κ1) is 10.4. The summed E-state index contributed by atoms with van der Waals surface area (Å²) in [6.45, 7) is 6.77. The molecule has 0 fully saturated rings. The van der Waals surface area contributed by atoms with Gasteiger partial charge in [0, 0.05) is 0 Å². The molecule has 3 heteroatoms. The molecule has 0 aromatic rings. The largest absolute Gasteiger partial charge is 0.462 e. The van der Waals surface area contributed by atoms with Crippen molar-refractivity contribution in [1.82, 2.24) is 0 Å². The van der Waals surface area contributed by atoms with Gasteiger partial charge in [-0.25, -0.2) is 0 Å². The first-order chi connectivity index (χ1) is 4.83. The van der Waals surface area contributed by atoms with Crippen molar-refractivity contribution in [3.8, 4) is 0 Å². The van der Waals surface area contributed by atoms with Crippen molar-refractivity contribution < 1.29 is 14.6 Å². The van der Waals surface area contributed by atoms with E-state index in [1.54, 1.807) is 27.7 Å². The van der Waals surface area contributed by atoms with Gasteiger partial charge in [0.05, 0.1) is 11.5 Å². The molecule has 0 aromatic carbocycles. The molecule has 0 atom stereocenters. The Morgan fingerprint density at radius 3 is 2.27 bits per heavy atom. The van der Waals surface area contributed by atoms with Crippen LogP contribution in [0.25, 0.3) is 0 Å². The lowest BCUT2D eigenvalue weighted by molar-refractivity contribution is -0.153. The summed E-state index contributed by atoms with van der Waals surface area (Å²) in [6.07, 6.45) is 0. The molecule has 0 amide bonds. The lowest BCUT2D eigenvalue weighted by Crippen LogP contribution is -2.29. The average Bonchev–Trinajstić information content (AvgIpc) is 1.80. The predicted octanol–water partition coefficient (Wildman–Crippen LogP) is 0.956.